The van der Waals surface area contributed by atoms with E-state index in [1.165, 1.54) is 23.1 Å². The second-order valence-corrected chi connectivity index (χ2v) is 5.82. The van der Waals surface area contributed by atoms with E-state index in [-0.39, 0.29) is 11.5 Å². The molecule has 0 unspecified atom stereocenters. The predicted octanol–water partition coefficient (Wildman–Crippen LogP) is 3.62. The zero-order chi connectivity index (χ0) is 19.6. The summed E-state index contributed by atoms with van der Waals surface area (Å²) in [6, 6.07) is 13.9. The highest BCUT2D eigenvalue weighted by atomic mass is 19.4. The summed E-state index contributed by atoms with van der Waals surface area (Å²) in [6.07, 6.45) is -4.62. The molecule has 0 aliphatic rings. The molecule has 6 nitrogen and oxygen atoms in total. The average Bonchev–Trinajstić information content (AvgIpc) is 3.08. The number of carbonyl (C=O) groups is 1. The van der Waals surface area contributed by atoms with Crippen molar-refractivity contribution in [3.63, 3.8) is 0 Å². The second-order valence-electron chi connectivity index (χ2n) is 5.82. The van der Waals surface area contributed by atoms with Gasteiger partial charge in [0.05, 0.1) is 11.3 Å². The van der Waals surface area contributed by atoms with Gasteiger partial charge in [0.2, 0.25) is 5.69 Å². The molecule has 0 spiro atoms. The quantitative estimate of drug-likeness (QED) is 0.736. The van der Waals surface area contributed by atoms with Crippen LogP contribution in [-0.4, -0.2) is 33.1 Å². The molecule has 0 saturated heterocycles. The third kappa shape index (κ3) is 3.91. The van der Waals surface area contributed by atoms with Gasteiger partial charge in [0.25, 0.3) is 0 Å². The van der Waals surface area contributed by atoms with Crippen LogP contribution in [0.5, 0.6) is 0 Å². The van der Waals surface area contributed by atoms with E-state index in [1.54, 1.807) is 7.05 Å². The predicted molar refractivity (Wildman–Crippen MR) is 91.9 cm³/mol. The van der Waals surface area contributed by atoms with Gasteiger partial charge in [0, 0.05) is 13.6 Å². The Labute approximate surface area is 152 Å². The maximum absolute atomic E-state index is 13.3. The van der Waals surface area contributed by atoms with Crippen molar-refractivity contribution < 1.29 is 23.1 Å². The van der Waals surface area contributed by atoms with E-state index < -0.39 is 23.4 Å². The molecule has 0 atom stereocenters. The van der Waals surface area contributed by atoms with Gasteiger partial charge < -0.3 is 10.0 Å². The van der Waals surface area contributed by atoms with Crippen LogP contribution in [-0.2, 0) is 12.7 Å². The Morgan fingerprint density at radius 1 is 1.07 bits per heavy atom. The highest BCUT2D eigenvalue weighted by Gasteiger charge is 2.35. The number of hydrogen-bond donors (Lipinski definition) is 1. The molecule has 27 heavy (non-hydrogen) atoms. The summed E-state index contributed by atoms with van der Waals surface area (Å²) in [6.45, 7) is 0.320. The van der Waals surface area contributed by atoms with Crippen LogP contribution in [0.2, 0.25) is 0 Å². The van der Waals surface area contributed by atoms with Gasteiger partial charge in [-0.25, -0.2) is 4.79 Å². The first-order chi connectivity index (χ1) is 12.8. The molecule has 0 aliphatic carbocycles. The van der Waals surface area contributed by atoms with E-state index in [0.29, 0.717) is 11.3 Å². The normalized spacial score (nSPS) is 11.4. The maximum atomic E-state index is 13.3. The van der Waals surface area contributed by atoms with Gasteiger partial charge in [0.15, 0.2) is 5.82 Å². The summed E-state index contributed by atoms with van der Waals surface area (Å²) in [7, 11) is 1.60. The van der Waals surface area contributed by atoms with Gasteiger partial charge in [-0.1, -0.05) is 42.5 Å². The molecule has 0 bridgehead atoms. The summed E-state index contributed by atoms with van der Waals surface area (Å²) >= 11 is 0. The van der Waals surface area contributed by atoms with Crippen LogP contribution in [0.3, 0.4) is 0 Å². The van der Waals surface area contributed by atoms with Crippen molar-refractivity contribution in [1.29, 1.82) is 0 Å². The maximum Gasteiger partial charge on any atom is 0.418 e. The van der Waals surface area contributed by atoms with Gasteiger partial charge >= 0.3 is 12.1 Å². The van der Waals surface area contributed by atoms with Crippen LogP contribution in [0.25, 0.3) is 5.69 Å². The van der Waals surface area contributed by atoms with E-state index in [0.717, 1.165) is 11.6 Å². The first-order valence-electron chi connectivity index (χ1n) is 7.89. The molecular formula is C18H15F3N4O2. The SMILES string of the molecule is CN(Cc1ccccc1)c1nn(-c2ccccc2C(F)(F)F)nc1C(=O)O. The highest BCUT2D eigenvalue weighted by Crippen LogP contribution is 2.33. The number of nitrogens with zero attached hydrogens (tertiary/aromatic N) is 4. The van der Waals surface area contributed by atoms with Gasteiger partial charge in [-0.2, -0.15) is 13.2 Å². The number of rotatable bonds is 5. The highest BCUT2D eigenvalue weighted by molar-refractivity contribution is 5.91. The third-order valence-corrected chi connectivity index (χ3v) is 3.85. The minimum Gasteiger partial charge on any atom is -0.476 e. The summed E-state index contributed by atoms with van der Waals surface area (Å²) in [4.78, 5) is 13.8. The molecule has 9 heteroatoms. The fraction of sp³-hybridized carbons (Fsp3) is 0.167. The number of carboxylic acid groups (broad SMARTS) is 1. The van der Waals surface area contributed by atoms with Crippen molar-refractivity contribution in [2.75, 3.05) is 11.9 Å². The molecule has 140 valence electrons. The number of halogens is 3. The average molecular weight is 376 g/mol. The van der Waals surface area contributed by atoms with Gasteiger partial charge in [-0.15, -0.1) is 15.0 Å². The van der Waals surface area contributed by atoms with E-state index in [1.807, 2.05) is 30.3 Å². The number of aromatic carboxylic acids is 1. The van der Waals surface area contributed by atoms with Gasteiger partial charge in [-0.3, -0.25) is 0 Å². The standard InChI is InChI=1S/C18H15F3N4O2/c1-24(11-12-7-3-2-4-8-12)16-15(17(26)27)22-25(23-16)14-10-6-5-9-13(14)18(19,20)21/h2-10H,11H2,1H3,(H,26,27). The lowest BCUT2D eigenvalue weighted by Gasteiger charge is -2.16. The Morgan fingerprint density at radius 3 is 2.33 bits per heavy atom. The molecule has 1 aromatic heterocycles. The molecule has 3 rings (SSSR count). The molecule has 2 aromatic carbocycles. The van der Waals surface area contributed by atoms with E-state index >= 15 is 0 Å². The smallest absolute Gasteiger partial charge is 0.418 e. The van der Waals surface area contributed by atoms with Crippen molar-refractivity contribution >= 4 is 11.8 Å². The Kier molecular flexibility index (Phi) is 4.85. The largest absolute Gasteiger partial charge is 0.476 e. The van der Waals surface area contributed by atoms with Crippen molar-refractivity contribution in [3.05, 3.63) is 71.4 Å². The lowest BCUT2D eigenvalue weighted by Crippen LogP contribution is -2.19. The van der Waals surface area contributed by atoms with Crippen LogP contribution in [0, 0.1) is 0 Å². The number of aromatic nitrogens is 3. The fourth-order valence-electron chi connectivity index (χ4n) is 2.62. The number of carboxylic acids is 1. The lowest BCUT2D eigenvalue weighted by molar-refractivity contribution is -0.137. The Bertz CT molecular complexity index is 955. The van der Waals surface area contributed by atoms with Crippen LogP contribution in [0.4, 0.5) is 19.0 Å². The van der Waals surface area contributed by atoms with E-state index in [9.17, 15) is 23.1 Å². The molecule has 0 amide bonds. The van der Waals surface area contributed by atoms with Gasteiger partial charge in [-0.05, 0) is 17.7 Å². The number of anilines is 1. The number of benzene rings is 2. The van der Waals surface area contributed by atoms with Gasteiger partial charge in [0.1, 0.15) is 0 Å². The number of hydrogen-bond acceptors (Lipinski definition) is 4. The van der Waals surface area contributed by atoms with Crippen molar-refractivity contribution in [1.82, 2.24) is 15.0 Å². The minimum absolute atomic E-state index is 0.0247. The molecule has 0 aliphatic heterocycles. The molecule has 1 N–H and O–H groups in total. The zero-order valence-corrected chi connectivity index (χ0v) is 14.2. The third-order valence-electron chi connectivity index (χ3n) is 3.85. The second kappa shape index (κ2) is 7.10. The van der Waals surface area contributed by atoms with Crippen molar-refractivity contribution in [3.8, 4) is 5.69 Å². The number of alkyl halides is 3. The van der Waals surface area contributed by atoms with Crippen LogP contribution in [0.15, 0.2) is 54.6 Å². The minimum atomic E-state index is -4.62. The molecular weight excluding hydrogens is 361 g/mol. The van der Waals surface area contributed by atoms with E-state index in [2.05, 4.69) is 10.2 Å². The molecule has 0 radical (unpaired) electrons. The Balaban J connectivity index is 2.03. The van der Waals surface area contributed by atoms with Crippen molar-refractivity contribution in [2.24, 2.45) is 0 Å². The Morgan fingerprint density at radius 2 is 1.70 bits per heavy atom. The monoisotopic (exact) mass is 376 g/mol. The zero-order valence-electron chi connectivity index (χ0n) is 14.2. The van der Waals surface area contributed by atoms with E-state index in [4.69, 9.17) is 0 Å². The summed E-state index contributed by atoms with van der Waals surface area (Å²) in [5.74, 6) is -1.40. The molecule has 0 fully saturated rings. The van der Waals surface area contributed by atoms with Crippen LogP contribution >= 0.6 is 0 Å². The first-order valence-corrected chi connectivity index (χ1v) is 7.89. The summed E-state index contributed by atoms with van der Waals surface area (Å²) in [5, 5.41) is 17.2. The number of para-hydroxylation sites is 1. The summed E-state index contributed by atoms with van der Waals surface area (Å²) in [5.41, 5.74) is -0.826. The van der Waals surface area contributed by atoms with Crippen LogP contribution < -0.4 is 4.90 Å². The molecule has 0 saturated carbocycles. The summed E-state index contributed by atoms with van der Waals surface area (Å²) < 4.78 is 39.8. The molecule has 1 heterocycles. The topological polar surface area (TPSA) is 71.2 Å². The fourth-order valence-corrected chi connectivity index (χ4v) is 2.62. The van der Waals surface area contributed by atoms with Crippen molar-refractivity contribution in [2.45, 2.75) is 12.7 Å². The molecule has 3 aromatic rings. The lowest BCUT2D eigenvalue weighted by atomic mass is 10.2. The first kappa shape index (κ1) is 18.4. The van der Waals surface area contributed by atoms with Crippen LogP contribution in [0.1, 0.15) is 21.6 Å². The Hall–Kier alpha value is -3.36.